The molecule has 1 aliphatic rings. The number of ether oxygens (including phenoxy) is 1. The zero-order valence-corrected chi connectivity index (χ0v) is 14.2. The first-order valence-corrected chi connectivity index (χ1v) is 8.67. The molecule has 9 heteroatoms. The number of aromatic nitrogens is 4. The van der Waals surface area contributed by atoms with Gasteiger partial charge in [-0.05, 0) is 30.9 Å². The van der Waals surface area contributed by atoms with E-state index < -0.39 is 12.3 Å². The van der Waals surface area contributed by atoms with Crippen LogP contribution in [-0.4, -0.2) is 33.1 Å². The molecule has 0 aliphatic heterocycles. The predicted molar refractivity (Wildman–Crippen MR) is 88.5 cm³/mol. The number of carbonyl (C=O) groups is 1. The molecule has 7 nitrogen and oxygen atoms in total. The Hall–Kier alpha value is -2.58. The number of tetrazole rings is 1. The largest absolute Gasteiger partial charge is 0.483 e. The average molecular weight is 365 g/mol. The van der Waals surface area contributed by atoms with Crippen LogP contribution < -0.4 is 10.1 Å². The van der Waals surface area contributed by atoms with E-state index in [0.29, 0.717) is 5.82 Å². The van der Waals surface area contributed by atoms with E-state index in [2.05, 4.69) is 25.9 Å². The summed E-state index contributed by atoms with van der Waals surface area (Å²) in [6, 6.07) is 5.43. The summed E-state index contributed by atoms with van der Waals surface area (Å²) in [6.07, 6.45) is 2.63. The van der Waals surface area contributed by atoms with E-state index in [9.17, 15) is 13.6 Å². The zero-order chi connectivity index (χ0) is 18.4. The summed E-state index contributed by atoms with van der Waals surface area (Å²) in [5, 5.41) is 16.8. The highest BCUT2D eigenvalue weighted by Crippen LogP contribution is 2.33. The van der Waals surface area contributed by atoms with Gasteiger partial charge in [0.25, 0.3) is 12.3 Å². The van der Waals surface area contributed by atoms with Crippen LogP contribution in [0.4, 0.5) is 8.78 Å². The number of rotatable bonds is 7. The van der Waals surface area contributed by atoms with Crippen LogP contribution in [0.5, 0.6) is 5.75 Å². The van der Waals surface area contributed by atoms with Crippen LogP contribution in [0, 0.1) is 5.92 Å². The van der Waals surface area contributed by atoms with Gasteiger partial charge in [0.15, 0.2) is 12.4 Å². The molecule has 1 atom stereocenters. The number of nitrogens with one attached hydrogen (secondary N) is 2. The van der Waals surface area contributed by atoms with Crippen LogP contribution in [0.15, 0.2) is 24.3 Å². The molecule has 0 radical (unpaired) electrons. The summed E-state index contributed by atoms with van der Waals surface area (Å²) in [4.78, 5) is 12.3. The topological polar surface area (TPSA) is 92.8 Å². The van der Waals surface area contributed by atoms with Gasteiger partial charge in [-0.1, -0.05) is 36.6 Å². The number of aromatic amines is 1. The number of hydrogen-bond donors (Lipinski definition) is 2. The Kier molecular flexibility index (Phi) is 6.08. The van der Waals surface area contributed by atoms with Gasteiger partial charge >= 0.3 is 0 Å². The van der Waals surface area contributed by atoms with Crippen LogP contribution in [0.3, 0.4) is 0 Å². The Bertz CT molecular complexity index is 705. The third-order valence-corrected chi connectivity index (χ3v) is 4.59. The number of alkyl halides is 2. The van der Waals surface area contributed by atoms with Crippen molar-refractivity contribution in [2.45, 2.75) is 44.6 Å². The molecular weight excluding hydrogens is 344 g/mol. The van der Waals surface area contributed by atoms with E-state index in [1.165, 1.54) is 24.6 Å². The molecule has 2 aromatic rings. The molecule has 1 aromatic carbocycles. The summed E-state index contributed by atoms with van der Waals surface area (Å²) in [5.74, 6) is 0.248. The van der Waals surface area contributed by atoms with Crippen molar-refractivity contribution in [1.82, 2.24) is 25.9 Å². The molecule has 0 bridgehead atoms. The van der Waals surface area contributed by atoms with Crippen LogP contribution in [0.1, 0.15) is 56.0 Å². The van der Waals surface area contributed by atoms with Crippen molar-refractivity contribution in [3.05, 3.63) is 35.7 Å². The van der Waals surface area contributed by atoms with Crippen molar-refractivity contribution in [3.8, 4) is 5.75 Å². The highest BCUT2D eigenvalue weighted by molar-refractivity contribution is 5.78. The van der Waals surface area contributed by atoms with E-state index in [1.807, 2.05) is 0 Å². The minimum absolute atomic E-state index is 0.00595. The molecule has 1 aromatic heterocycles. The lowest BCUT2D eigenvalue weighted by Gasteiger charge is -2.28. The first-order valence-electron chi connectivity index (χ1n) is 8.67. The number of benzene rings is 1. The molecule has 1 aliphatic carbocycles. The molecule has 140 valence electrons. The molecule has 1 fully saturated rings. The lowest BCUT2D eigenvalue weighted by atomic mass is 9.83. The molecule has 1 saturated carbocycles. The zero-order valence-electron chi connectivity index (χ0n) is 14.2. The molecule has 1 unspecified atom stereocenters. The van der Waals surface area contributed by atoms with Crippen molar-refractivity contribution in [1.29, 1.82) is 0 Å². The first-order chi connectivity index (χ1) is 12.6. The quantitative estimate of drug-likeness (QED) is 0.787. The molecule has 3 rings (SSSR count). The highest BCUT2D eigenvalue weighted by Gasteiger charge is 2.29. The molecule has 2 N–H and O–H groups in total. The normalized spacial score (nSPS) is 16.4. The van der Waals surface area contributed by atoms with Crippen LogP contribution >= 0.6 is 0 Å². The van der Waals surface area contributed by atoms with E-state index >= 15 is 0 Å². The minimum atomic E-state index is -2.66. The summed E-state index contributed by atoms with van der Waals surface area (Å²) >= 11 is 0. The maximum absolute atomic E-state index is 13.0. The first kappa shape index (κ1) is 18.2. The lowest BCUT2D eigenvalue weighted by molar-refractivity contribution is -0.124. The Morgan fingerprint density at radius 2 is 2.04 bits per heavy atom. The van der Waals surface area contributed by atoms with E-state index in [0.717, 1.165) is 25.7 Å². The third kappa shape index (κ3) is 4.53. The maximum Gasteiger partial charge on any atom is 0.267 e. The second kappa shape index (κ2) is 8.68. The Morgan fingerprint density at radius 1 is 1.27 bits per heavy atom. The summed E-state index contributed by atoms with van der Waals surface area (Å²) in [5.41, 5.74) is -0.234. The number of carbonyl (C=O) groups excluding carboxylic acids is 1. The van der Waals surface area contributed by atoms with Crippen LogP contribution in [0.25, 0.3) is 0 Å². The van der Waals surface area contributed by atoms with Crippen molar-refractivity contribution in [2.75, 3.05) is 6.61 Å². The van der Waals surface area contributed by atoms with Gasteiger partial charge in [0, 0.05) is 0 Å². The van der Waals surface area contributed by atoms with Gasteiger partial charge in [0.05, 0.1) is 11.6 Å². The predicted octanol–water partition coefficient (Wildman–Crippen LogP) is 2.95. The number of H-pyrrole nitrogens is 1. The minimum Gasteiger partial charge on any atom is -0.483 e. The third-order valence-electron chi connectivity index (χ3n) is 4.59. The van der Waals surface area contributed by atoms with Crippen molar-refractivity contribution >= 4 is 5.91 Å². The number of amides is 1. The second-order valence-electron chi connectivity index (χ2n) is 6.34. The summed E-state index contributed by atoms with van der Waals surface area (Å²) < 4.78 is 31.3. The van der Waals surface area contributed by atoms with E-state index in [-0.39, 0.29) is 29.9 Å². The Balaban J connectivity index is 1.63. The van der Waals surface area contributed by atoms with Crippen molar-refractivity contribution < 1.29 is 18.3 Å². The van der Waals surface area contributed by atoms with Crippen LogP contribution in [-0.2, 0) is 4.79 Å². The fourth-order valence-electron chi connectivity index (χ4n) is 3.31. The van der Waals surface area contributed by atoms with E-state index in [4.69, 9.17) is 4.74 Å². The fourth-order valence-corrected chi connectivity index (χ4v) is 3.31. The SMILES string of the molecule is O=C(COc1ccccc1C(F)F)NC(c1nn[nH]n1)C1CCCCC1. The van der Waals surface area contributed by atoms with Gasteiger partial charge in [-0.25, -0.2) is 8.78 Å². The fraction of sp³-hybridized carbons (Fsp3) is 0.529. The maximum atomic E-state index is 13.0. The van der Waals surface area contributed by atoms with Gasteiger partial charge in [-0.15, -0.1) is 10.2 Å². The summed E-state index contributed by atoms with van der Waals surface area (Å²) in [7, 11) is 0. The Morgan fingerprint density at radius 3 is 2.73 bits per heavy atom. The summed E-state index contributed by atoms with van der Waals surface area (Å²) in [6.45, 7) is -0.356. The molecule has 1 heterocycles. The highest BCUT2D eigenvalue weighted by atomic mass is 19.3. The average Bonchev–Trinajstić information content (AvgIpc) is 3.19. The van der Waals surface area contributed by atoms with Gasteiger partial charge in [0.1, 0.15) is 5.75 Å². The molecule has 26 heavy (non-hydrogen) atoms. The standard InChI is InChI=1S/C17H21F2N5O2/c18-16(19)12-8-4-5-9-13(12)26-10-14(25)20-15(17-21-23-24-22-17)11-6-2-1-3-7-11/h4-5,8-9,11,15-16H,1-3,6-7,10H2,(H,20,25)(H,21,22,23,24). The number of para-hydroxylation sites is 1. The monoisotopic (exact) mass is 365 g/mol. The number of halogens is 2. The molecule has 1 amide bonds. The number of hydrogen-bond acceptors (Lipinski definition) is 5. The number of nitrogens with zero attached hydrogens (tertiary/aromatic N) is 3. The molecule has 0 saturated heterocycles. The second-order valence-corrected chi connectivity index (χ2v) is 6.34. The molecule has 0 spiro atoms. The molecular formula is C17H21F2N5O2. The van der Waals surface area contributed by atoms with Crippen LogP contribution in [0.2, 0.25) is 0 Å². The van der Waals surface area contributed by atoms with Gasteiger partial charge in [-0.2, -0.15) is 5.21 Å². The Labute approximate surface area is 149 Å². The van der Waals surface area contributed by atoms with E-state index in [1.54, 1.807) is 6.07 Å². The van der Waals surface area contributed by atoms with Crippen molar-refractivity contribution in [2.24, 2.45) is 5.92 Å². The van der Waals surface area contributed by atoms with Crippen molar-refractivity contribution in [3.63, 3.8) is 0 Å². The lowest BCUT2D eigenvalue weighted by Crippen LogP contribution is -2.37. The van der Waals surface area contributed by atoms with Gasteiger partial charge in [0.2, 0.25) is 0 Å². The smallest absolute Gasteiger partial charge is 0.267 e. The van der Waals surface area contributed by atoms with Gasteiger partial charge in [-0.3, -0.25) is 4.79 Å². The van der Waals surface area contributed by atoms with Gasteiger partial charge < -0.3 is 10.1 Å².